The molecule has 0 aliphatic heterocycles. The summed E-state index contributed by atoms with van der Waals surface area (Å²) in [5.74, 6) is -0.952. The second kappa shape index (κ2) is 6.55. The van der Waals surface area contributed by atoms with Gasteiger partial charge in [-0.05, 0) is 49.2 Å². The molecule has 2 nitrogen and oxygen atoms in total. The largest absolute Gasteiger partial charge is 0.573 e. The van der Waals surface area contributed by atoms with E-state index in [2.05, 4.69) is 11.3 Å². The minimum atomic E-state index is -4.84. The van der Waals surface area contributed by atoms with Crippen molar-refractivity contribution in [1.82, 2.24) is 0 Å². The molecule has 24 heavy (non-hydrogen) atoms. The van der Waals surface area contributed by atoms with E-state index in [1.54, 1.807) is 13.8 Å². The molecule has 0 N–H and O–H groups in total. The molecule has 2 rings (SSSR count). The Balaban J connectivity index is 2.38. The average Bonchev–Trinajstić information content (AvgIpc) is 2.48. The van der Waals surface area contributed by atoms with Crippen LogP contribution in [0.5, 0.6) is 11.5 Å². The number of hydrogen-bond acceptors (Lipinski definition) is 2. The summed E-state index contributed by atoms with van der Waals surface area (Å²) in [4.78, 5) is 0. The van der Waals surface area contributed by atoms with Gasteiger partial charge in [-0.3, -0.25) is 0 Å². The molecule has 0 spiro atoms. The Morgan fingerprint density at radius 2 is 1.54 bits per heavy atom. The van der Waals surface area contributed by atoms with E-state index in [0.717, 1.165) is 0 Å². The second-order valence-electron chi connectivity index (χ2n) is 5.58. The van der Waals surface area contributed by atoms with Crippen LogP contribution in [0, 0.1) is 5.82 Å². The van der Waals surface area contributed by atoms with Gasteiger partial charge in [-0.1, -0.05) is 30.9 Å². The summed E-state index contributed by atoms with van der Waals surface area (Å²) in [6.45, 7) is 6.91. The average molecular weight is 340 g/mol. The topological polar surface area (TPSA) is 18.5 Å². The van der Waals surface area contributed by atoms with Crippen LogP contribution in [0.25, 0.3) is 6.08 Å². The maximum Gasteiger partial charge on any atom is 0.573 e. The Morgan fingerprint density at radius 1 is 0.917 bits per heavy atom. The summed E-state index contributed by atoms with van der Waals surface area (Å²) < 4.78 is 60.5. The van der Waals surface area contributed by atoms with Crippen LogP contribution in [-0.4, -0.2) is 6.36 Å². The Morgan fingerprint density at radius 3 is 2.08 bits per heavy atom. The van der Waals surface area contributed by atoms with Gasteiger partial charge >= 0.3 is 6.36 Å². The molecule has 0 amide bonds. The molecule has 0 aromatic heterocycles. The maximum absolute atomic E-state index is 13.1. The van der Waals surface area contributed by atoms with Crippen LogP contribution in [0.1, 0.15) is 25.0 Å². The van der Waals surface area contributed by atoms with Crippen LogP contribution in [0.3, 0.4) is 0 Å². The van der Waals surface area contributed by atoms with Crippen molar-refractivity contribution in [2.24, 2.45) is 0 Å². The molecule has 0 unspecified atom stereocenters. The third kappa shape index (κ3) is 4.50. The number of hydrogen-bond donors (Lipinski definition) is 0. The molecular weight excluding hydrogens is 324 g/mol. The summed E-state index contributed by atoms with van der Waals surface area (Å²) in [6.07, 6.45) is -3.36. The molecule has 0 saturated carbocycles. The third-order valence-corrected chi connectivity index (χ3v) is 3.33. The number of benzene rings is 2. The van der Waals surface area contributed by atoms with Crippen molar-refractivity contribution in [1.29, 1.82) is 0 Å². The van der Waals surface area contributed by atoms with Crippen molar-refractivity contribution < 1.29 is 27.0 Å². The molecule has 0 radical (unpaired) electrons. The lowest BCUT2D eigenvalue weighted by Gasteiger charge is -2.28. The van der Waals surface area contributed by atoms with E-state index in [4.69, 9.17) is 4.74 Å². The maximum atomic E-state index is 13.1. The summed E-state index contributed by atoms with van der Waals surface area (Å²) in [5.41, 5.74) is 0.178. The second-order valence-corrected chi connectivity index (χ2v) is 5.58. The van der Waals surface area contributed by atoms with Crippen molar-refractivity contribution in [3.05, 3.63) is 66.0 Å². The van der Waals surface area contributed by atoms with Crippen LogP contribution in [0.2, 0.25) is 0 Å². The normalized spacial score (nSPS) is 11.9. The third-order valence-electron chi connectivity index (χ3n) is 3.33. The molecule has 0 heterocycles. The lowest BCUT2D eigenvalue weighted by Crippen LogP contribution is -2.26. The Kier molecular flexibility index (Phi) is 4.87. The van der Waals surface area contributed by atoms with Crippen LogP contribution in [0.4, 0.5) is 17.6 Å². The lowest BCUT2D eigenvalue weighted by atomic mass is 9.98. The lowest BCUT2D eigenvalue weighted by molar-refractivity contribution is -0.275. The van der Waals surface area contributed by atoms with E-state index < -0.39 is 23.5 Å². The molecule has 128 valence electrons. The zero-order valence-electron chi connectivity index (χ0n) is 13.2. The first kappa shape index (κ1) is 17.8. The number of ether oxygens (including phenoxy) is 2. The van der Waals surface area contributed by atoms with E-state index in [-0.39, 0.29) is 5.75 Å². The van der Waals surface area contributed by atoms with Gasteiger partial charge in [0.25, 0.3) is 0 Å². The first-order valence-electron chi connectivity index (χ1n) is 7.08. The number of halogens is 4. The minimum absolute atomic E-state index is 0.0842. The fraction of sp³-hybridized carbons (Fsp3) is 0.222. The molecule has 0 atom stereocenters. The highest BCUT2D eigenvalue weighted by Crippen LogP contribution is 2.37. The van der Waals surface area contributed by atoms with Crippen molar-refractivity contribution in [3.8, 4) is 11.5 Å². The fourth-order valence-corrected chi connectivity index (χ4v) is 2.13. The van der Waals surface area contributed by atoms with Crippen molar-refractivity contribution in [3.63, 3.8) is 0 Å². The summed E-state index contributed by atoms with van der Waals surface area (Å²) in [6, 6.07) is 9.54. The van der Waals surface area contributed by atoms with Crippen LogP contribution in [0.15, 0.2) is 49.0 Å². The van der Waals surface area contributed by atoms with Gasteiger partial charge in [-0.25, -0.2) is 4.39 Å². The number of rotatable bonds is 5. The van der Waals surface area contributed by atoms with Gasteiger partial charge in [0.05, 0.1) is 0 Å². The fourth-order valence-electron chi connectivity index (χ4n) is 2.13. The molecule has 2 aromatic rings. The minimum Gasteiger partial charge on any atom is -0.479 e. The summed E-state index contributed by atoms with van der Waals surface area (Å²) >= 11 is 0. The summed E-state index contributed by atoms with van der Waals surface area (Å²) in [7, 11) is 0. The molecule has 0 aliphatic rings. The van der Waals surface area contributed by atoms with Crippen molar-refractivity contribution >= 4 is 6.08 Å². The SMILES string of the molecule is C=Cc1ccc(OC(F)(F)F)c(OC(C)(C)c2ccc(F)cc2)c1. The van der Waals surface area contributed by atoms with E-state index in [0.29, 0.717) is 11.1 Å². The van der Waals surface area contributed by atoms with Crippen molar-refractivity contribution in [2.75, 3.05) is 0 Å². The van der Waals surface area contributed by atoms with Gasteiger partial charge in [0, 0.05) is 0 Å². The van der Waals surface area contributed by atoms with Gasteiger partial charge in [-0.2, -0.15) is 0 Å². The first-order valence-corrected chi connectivity index (χ1v) is 7.08. The molecule has 0 saturated heterocycles. The smallest absolute Gasteiger partial charge is 0.479 e. The first-order chi connectivity index (χ1) is 11.1. The van der Waals surface area contributed by atoms with Gasteiger partial charge < -0.3 is 9.47 Å². The highest BCUT2D eigenvalue weighted by atomic mass is 19.4. The predicted octanol–water partition coefficient (Wildman–Crippen LogP) is 5.68. The highest BCUT2D eigenvalue weighted by Gasteiger charge is 2.33. The predicted molar refractivity (Wildman–Crippen MR) is 83.3 cm³/mol. The van der Waals surface area contributed by atoms with Gasteiger partial charge in [0.2, 0.25) is 0 Å². The molecule has 0 aliphatic carbocycles. The van der Waals surface area contributed by atoms with Crippen molar-refractivity contribution in [2.45, 2.75) is 25.8 Å². The summed E-state index contributed by atoms with van der Waals surface area (Å²) in [5, 5.41) is 0. The number of alkyl halides is 3. The van der Waals surface area contributed by atoms with E-state index in [9.17, 15) is 17.6 Å². The molecule has 2 aromatic carbocycles. The van der Waals surface area contributed by atoms with Crippen LogP contribution in [-0.2, 0) is 5.60 Å². The van der Waals surface area contributed by atoms with Crippen LogP contribution >= 0.6 is 0 Å². The Labute approximate surface area is 137 Å². The van der Waals surface area contributed by atoms with E-state index in [1.807, 2.05) is 0 Å². The van der Waals surface area contributed by atoms with Crippen LogP contribution < -0.4 is 9.47 Å². The quantitative estimate of drug-likeness (QED) is 0.652. The van der Waals surface area contributed by atoms with Gasteiger partial charge in [0.1, 0.15) is 11.4 Å². The highest BCUT2D eigenvalue weighted by molar-refractivity contribution is 5.54. The standard InChI is InChI=1S/C18H16F4O2/c1-4-12-5-10-15(24-18(20,21)22)16(11-12)23-17(2,3)13-6-8-14(19)9-7-13/h4-11H,1H2,2-3H3. The van der Waals surface area contributed by atoms with E-state index >= 15 is 0 Å². The van der Waals surface area contributed by atoms with Gasteiger partial charge in [0.15, 0.2) is 11.5 Å². The van der Waals surface area contributed by atoms with E-state index in [1.165, 1.54) is 48.5 Å². The zero-order chi connectivity index (χ0) is 18.0. The zero-order valence-corrected chi connectivity index (χ0v) is 13.2. The van der Waals surface area contributed by atoms with Gasteiger partial charge in [-0.15, -0.1) is 13.2 Å². The monoisotopic (exact) mass is 340 g/mol. The molecule has 0 fully saturated rings. The molecule has 0 bridgehead atoms. The Hall–Kier alpha value is -2.50. The molecule has 6 heteroatoms. The molecular formula is C18H16F4O2. The Bertz CT molecular complexity index is 719.